The molecule has 5 aromatic rings. The van der Waals surface area contributed by atoms with Crippen LogP contribution in [0.1, 0.15) is 10.4 Å². The molecule has 3 aromatic heterocycles. The van der Waals surface area contributed by atoms with Crippen LogP contribution in [0, 0.1) is 0 Å². The predicted octanol–water partition coefficient (Wildman–Crippen LogP) is 4.42. The standard InChI is InChI=1S/C21H13N3O3S/c25-19(16-11-14-4-1-2-7-18(14)27-20(16)26)22-15-6-3-5-13(10-15)17-12-24-8-9-28-21(24)23-17/h1-12H,(H,22,25). The largest absolute Gasteiger partial charge is 0.422 e. The second kappa shape index (κ2) is 6.47. The Morgan fingerprint density at radius 1 is 1.11 bits per heavy atom. The van der Waals surface area contributed by atoms with Crippen LogP contribution in [0.25, 0.3) is 27.2 Å². The molecule has 1 amide bonds. The molecule has 0 unspecified atom stereocenters. The molecule has 0 spiro atoms. The number of hydrogen-bond donors (Lipinski definition) is 1. The van der Waals surface area contributed by atoms with Crippen LogP contribution in [-0.2, 0) is 0 Å². The molecule has 0 saturated heterocycles. The van der Waals surface area contributed by atoms with E-state index < -0.39 is 11.5 Å². The van der Waals surface area contributed by atoms with Crippen molar-refractivity contribution in [3.05, 3.63) is 88.4 Å². The molecule has 5 rings (SSSR count). The Morgan fingerprint density at radius 2 is 2.00 bits per heavy atom. The summed E-state index contributed by atoms with van der Waals surface area (Å²) >= 11 is 1.55. The summed E-state index contributed by atoms with van der Waals surface area (Å²) in [7, 11) is 0. The molecule has 0 bridgehead atoms. The van der Waals surface area contributed by atoms with E-state index in [1.165, 1.54) is 0 Å². The molecule has 0 aliphatic rings. The number of fused-ring (bicyclic) bond motifs is 2. The van der Waals surface area contributed by atoms with Gasteiger partial charge in [0, 0.05) is 34.4 Å². The fraction of sp³-hybridized carbons (Fsp3) is 0. The number of carbonyl (C=O) groups is 1. The number of para-hydroxylation sites is 1. The summed E-state index contributed by atoms with van der Waals surface area (Å²) in [6.45, 7) is 0. The highest BCUT2D eigenvalue weighted by atomic mass is 32.1. The van der Waals surface area contributed by atoms with Gasteiger partial charge in [-0.05, 0) is 24.3 Å². The van der Waals surface area contributed by atoms with E-state index in [1.807, 2.05) is 46.4 Å². The van der Waals surface area contributed by atoms with Crippen LogP contribution in [0.2, 0.25) is 0 Å². The molecule has 1 N–H and O–H groups in total. The number of nitrogens with one attached hydrogen (secondary N) is 1. The second-order valence-electron chi connectivity index (χ2n) is 6.24. The minimum atomic E-state index is -0.665. The van der Waals surface area contributed by atoms with E-state index in [0.29, 0.717) is 16.7 Å². The van der Waals surface area contributed by atoms with E-state index in [1.54, 1.807) is 41.7 Å². The number of thiazole rings is 1. The minimum absolute atomic E-state index is 0.0355. The first kappa shape index (κ1) is 16.5. The average Bonchev–Trinajstić information content (AvgIpc) is 3.30. The third-order valence-corrected chi connectivity index (χ3v) is 5.17. The third kappa shape index (κ3) is 2.87. The number of anilines is 1. The number of aromatic nitrogens is 2. The summed E-state index contributed by atoms with van der Waals surface area (Å²) in [6.07, 6.45) is 3.88. The first-order valence-corrected chi connectivity index (χ1v) is 9.42. The molecule has 0 radical (unpaired) electrons. The van der Waals surface area contributed by atoms with Crippen LogP contribution >= 0.6 is 11.3 Å². The maximum atomic E-state index is 12.6. The van der Waals surface area contributed by atoms with Crippen LogP contribution in [0.15, 0.2) is 81.6 Å². The van der Waals surface area contributed by atoms with Gasteiger partial charge >= 0.3 is 5.63 Å². The van der Waals surface area contributed by atoms with Gasteiger partial charge < -0.3 is 9.73 Å². The van der Waals surface area contributed by atoms with Crippen molar-refractivity contribution in [2.45, 2.75) is 0 Å². The highest BCUT2D eigenvalue weighted by Gasteiger charge is 2.14. The maximum Gasteiger partial charge on any atom is 0.349 e. The van der Waals surface area contributed by atoms with Crippen molar-refractivity contribution < 1.29 is 9.21 Å². The van der Waals surface area contributed by atoms with Crippen LogP contribution in [0.5, 0.6) is 0 Å². The van der Waals surface area contributed by atoms with Crippen LogP contribution in [0.3, 0.4) is 0 Å². The average molecular weight is 387 g/mol. The minimum Gasteiger partial charge on any atom is -0.422 e. The number of amides is 1. The van der Waals surface area contributed by atoms with Crippen molar-refractivity contribution >= 4 is 38.9 Å². The Labute approximate surface area is 162 Å². The van der Waals surface area contributed by atoms with Gasteiger partial charge in [0.1, 0.15) is 11.1 Å². The zero-order chi connectivity index (χ0) is 19.1. The molecule has 0 atom stereocenters. The third-order valence-electron chi connectivity index (χ3n) is 4.40. The highest BCUT2D eigenvalue weighted by Crippen LogP contribution is 2.24. The van der Waals surface area contributed by atoms with Gasteiger partial charge in [-0.2, -0.15) is 0 Å². The van der Waals surface area contributed by atoms with Gasteiger partial charge in [-0.25, -0.2) is 9.78 Å². The fourth-order valence-electron chi connectivity index (χ4n) is 3.04. The molecule has 28 heavy (non-hydrogen) atoms. The van der Waals surface area contributed by atoms with Gasteiger partial charge in [-0.15, -0.1) is 11.3 Å². The quantitative estimate of drug-likeness (QED) is 0.465. The van der Waals surface area contributed by atoms with E-state index in [9.17, 15) is 9.59 Å². The van der Waals surface area contributed by atoms with Crippen molar-refractivity contribution in [1.29, 1.82) is 0 Å². The predicted molar refractivity (Wildman–Crippen MR) is 109 cm³/mol. The molecule has 2 aromatic carbocycles. The van der Waals surface area contributed by atoms with Crippen LogP contribution in [0.4, 0.5) is 5.69 Å². The lowest BCUT2D eigenvalue weighted by Crippen LogP contribution is -2.20. The van der Waals surface area contributed by atoms with Crippen molar-refractivity contribution in [2.24, 2.45) is 0 Å². The number of benzene rings is 2. The van der Waals surface area contributed by atoms with E-state index in [4.69, 9.17) is 4.42 Å². The van der Waals surface area contributed by atoms with Crippen LogP contribution in [-0.4, -0.2) is 15.3 Å². The van der Waals surface area contributed by atoms with Gasteiger partial charge in [0.05, 0.1) is 5.69 Å². The van der Waals surface area contributed by atoms with Crippen molar-refractivity contribution in [1.82, 2.24) is 9.38 Å². The van der Waals surface area contributed by atoms with Gasteiger partial charge in [0.15, 0.2) is 4.96 Å². The molecule has 0 fully saturated rings. The topological polar surface area (TPSA) is 76.6 Å². The monoisotopic (exact) mass is 387 g/mol. The Morgan fingerprint density at radius 3 is 2.89 bits per heavy atom. The molecule has 136 valence electrons. The zero-order valence-corrected chi connectivity index (χ0v) is 15.3. The normalized spacial score (nSPS) is 11.1. The van der Waals surface area contributed by atoms with Gasteiger partial charge in [-0.3, -0.25) is 9.20 Å². The molecule has 0 aliphatic carbocycles. The summed E-state index contributed by atoms with van der Waals surface area (Å²) in [4.78, 5) is 30.3. The van der Waals surface area contributed by atoms with Crippen LogP contribution < -0.4 is 10.9 Å². The molecular weight excluding hydrogens is 374 g/mol. The molecule has 6 nitrogen and oxygen atoms in total. The summed E-state index contributed by atoms with van der Waals surface area (Å²) < 4.78 is 7.19. The van der Waals surface area contributed by atoms with Crippen molar-refractivity contribution in [3.8, 4) is 11.3 Å². The number of rotatable bonds is 3. The van der Waals surface area contributed by atoms with E-state index in [-0.39, 0.29) is 5.56 Å². The van der Waals surface area contributed by atoms with Gasteiger partial charge in [-0.1, -0.05) is 30.3 Å². The first-order valence-electron chi connectivity index (χ1n) is 8.54. The van der Waals surface area contributed by atoms with Crippen molar-refractivity contribution in [2.75, 3.05) is 5.32 Å². The number of hydrogen-bond acceptors (Lipinski definition) is 5. The summed E-state index contributed by atoms with van der Waals surface area (Å²) in [5.41, 5.74) is 2.01. The molecule has 0 aliphatic heterocycles. The highest BCUT2D eigenvalue weighted by molar-refractivity contribution is 7.15. The molecule has 7 heteroatoms. The number of imidazole rings is 1. The van der Waals surface area contributed by atoms with Crippen molar-refractivity contribution in [3.63, 3.8) is 0 Å². The molecule has 3 heterocycles. The number of carbonyl (C=O) groups excluding carboxylic acids is 1. The fourth-order valence-corrected chi connectivity index (χ4v) is 3.74. The molecular formula is C21H13N3O3S. The first-order chi connectivity index (χ1) is 13.7. The number of nitrogens with zero attached hydrogens (tertiary/aromatic N) is 2. The second-order valence-corrected chi connectivity index (χ2v) is 7.11. The Bertz CT molecular complexity index is 1370. The van der Waals surface area contributed by atoms with E-state index in [2.05, 4.69) is 10.3 Å². The summed E-state index contributed by atoms with van der Waals surface area (Å²) in [5.74, 6) is -0.512. The SMILES string of the molecule is O=C(Nc1cccc(-c2cn3ccsc3n2)c1)c1cc2ccccc2oc1=O. The van der Waals surface area contributed by atoms with Gasteiger partial charge in [0.25, 0.3) is 5.91 Å². The van der Waals surface area contributed by atoms with Gasteiger partial charge in [0.2, 0.25) is 0 Å². The lowest BCUT2D eigenvalue weighted by Gasteiger charge is -2.06. The lowest BCUT2D eigenvalue weighted by molar-refractivity contribution is 0.102. The lowest BCUT2D eigenvalue weighted by atomic mass is 10.1. The maximum absolute atomic E-state index is 12.6. The zero-order valence-electron chi connectivity index (χ0n) is 14.5. The van der Waals surface area contributed by atoms with E-state index in [0.717, 1.165) is 16.2 Å². The summed E-state index contributed by atoms with van der Waals surface area (Å²) in [6, 6.07) is 16.0. The Kier molecular flexibility index (Phi) is 3.80. The van der Waals surface area contributed by atoms with E-state index >= 15 is 0 Å². The summed E-state index contributed by atoms with van der Waals surface area (Å²) in [5, 5.41) is 5.43. The Hall–Kier alpha value is -3.71. The Balaban J connectivity index is 1.46. The smallest absolute Gasteiger partial charge is 0.349 e. The molecule has 0 saturated carbocycles.